The highest BCUT2D eigenvalue weighted by molar-refractivity contribution is 5.98. The highest BCUT2D eigenvalue weighted by Gasteiger charge is 2.29. The number of nitrogens with one attached hydrogen (secondary N) is 1. The Morgan fingerprint density at radius 3 is 2.48 bits per heavy atom. The minimum Gasteiger partial charge on any atom is -0.457 e. The number of para-hydroxylation sites is 1. The number of amides is 2. The third kappa shape index (κ3) is 4.77. The van der Waals surface area contributed by atoms with Crippen molar-refractivity contribution in [3.63, 3.8) is 0 Å². The molecule has 33 heavy (non-hydrogen) atoms. The lowest BCUT2D eigenvalue weighted by Crippen LogP contribution is -2.44. The van der Waals surface area contributed by atoms with E-state index < -0.39 is 0 Å². The van der Waals surface area contributed by atoms with Crippen LogP contribution in [0.1, 0.15) is 23.2 Å². The van der Waals surface area contributed by atoms with Crippen LogP contribution in [0.2, 0.25) is 0 Å². The third-order valence-electron chi connectivity index (χ3n) is 5.82. The number of piperidine rings is 1. The summed E-state index contributed by atoms with van der Waals surface area (Å²) in [5, 5.41) is 2.89. The largest absolute Gasteiger partial charge is 0.457 e. The summed E-state index contributed by atoms with van der Waals surface area (Å²) < 4.78 is 16.5. The second-order valence-electron chi connectivity index (χ2n) is 8.09. The second kappa shape index (κ2) is 9.24. The molecule has 0 bridgehead atoms. The maximum absolute atomic E-state index is 13.1. The highest BCUT2D eigenvalue weighted by Crippen LogP contribution is 2.34. The Morgan fingerprint density at radius 1 is 0.909 bits per heavy atom. The Labute approximate surface area is 191 Å². The van der Waals surface area contributed by atoms with E-state index in [1.165, 1.54) is 0 Å². The lowest BCUT2D eigenvalue weighted by Gasteiger charge is -2.32. The molecule has 2 aliphatic rings. The van der Waals surface area contributed by atoms with E-state index in [1.54, 1.807) is 47.4 Å². The first kappa shape index (κ1) is 20.9. The van der Waals surface area contributed by atoms with Crippen molar-refractivity contribution in [3.05, 3.63) is 78.4 Å². The molecule has 0 unspecified atom stereocenters. The molecule has 3 aromatic rings. The van der Waals surface area contributed by atoms with Crippen molar-refractivity contribution in [2.75, 3.05) is 25.2 Å². The zero-order valence-corrected chi connectivity index (χ0v) is 18.0. The molecule has 2 heterocycles. The van der Waals surface area contributed by atoms with Gasteiger partial charge in [0.15, 0.2) is 17.3 Å². The molecule has 7 heteroatoms. The average molecular weight is 444 g/mol. The van der Waals surface area contributed by atoms with Gasteiger partial charge in [0.25, 0.3) is 0 Å². The zero-order chi connectivity index (χ0) is 22.6. The third-order valence-corrected chi connectivity index (χ3v) is 5.82. The van der Waals surface area contributed by atoms with E-state index >= 15 is 0 Å². The van der Waals surface area contributed by atoms with Gasteiger partial charge in [-0.15, -0.1) is 0 Å². The quantitative estimate of drug-likeness (QED) is 0.538. The molecule has 0 aromatic heterocycles. The molecular formula is C26H24N2O5. The molecule has 0 saturated carbocycles. The van der Waals surface area contributed by atoms with Gasteiger partial charge < -0.3 is 24.4 Å². The topological polar surface area (TPSA) is 77.1 Å². The lowest BCUT2D eigenvalue weighted by molar-refractivity contribution is 0.0851. The van der Waals surface area contributed by atoms with Crippen molar-refractivity contribution < 1.29 is 23.8 Å². The number of anilines is 1. The van der Waals surface area contributed by atoms with E-state index in [2.05, 4.69) is 5.32 Å². The summed E-state index contributed by atoms with van der Waals surface area (Å²) in [6, 6.07) is 21.7. The Morgan fingerprint density at radius 2 is 1.67 bits per heavy atom. The molecule has 2 amide bonds. The second-order valence-corrected chi connectivity index (χ2v) is 8.09. The maximum Gasteiger partial charge on any atom is 0.321 e. The van der Waals surface area contributed by atoms with E-state index in [1.807, 2.05) is 30.3 Å². The number of ketones is 1. The van der Waals surface area contributed by atoms with Crippen LogP contribution in [0.25, 0.3) is 0 Å². The van der Waals surface area contributed by atoms with Crippen molar-refractivity contribution in [1.29, 1.82) is 0 Å². The molecule has 1 saturated heterocycles. The van der Waals surface area contributed by atoms with Gasteiger partial charge in [0.1, 0.15) is 11.5 Å². The molecular weight excluding hydrogens is 420 g/mol. The molecule has 2 aliphatic heterocycles. The van der Waals surface area contributed by atoms with Crippen LogP contribution < -0.4 is 19.5 Å². The first-order valence-electron chi connectivity index (χ1n) is 11.0. The number of Topliss-reactive ketones (excluding diaryl/α,β-unsaturated/α-hetero) is 1. The summed E-state index contributed by atoms with van der Waals surface area (Å²) in [5.74, 6) is 2.50. The summed E-state index contributed by atoms with van der Waals surface area (Å²) in [4.78, 5) is 27.6. The fourth-order valence-corrected chi connectivity index (χ4v) is 4.10. The fourth-order valence-electron chi connectivity index (χ4n) is 4.10. The summed E-state index contributed by atoms with van der Waals surface area (Å²) in [6.45, 7) is 1.18. The van der Waals surface area contributed by atoms with E-state index in [0.717, 1.165) is 18.6 Å². The highest BCUT2D eigenvalue weighted by atomic mass is 16.7. The number of ether oxygens (including phenoxy) is 3. The minimum atomic E-state index is -0.234. The van der Waals surface area contributed by atoms with Gasteiger partial charge in [0.2, 0.25) is 6.79 Å². The van der Waals surface area contributed by atoms with Crippen LogP contribution in [-0.4, -0.2) is 36.6 Å². The molecule has 1 fully saturated rings. The Bertz CT molecular complexity index is 1150. The Kier molecular flexibility index (Phi) is 5.85. The number of hydrogen-bond acceptors (Lipinski definition) is 5. The van der Waals surface area contributed by atoms with Gasteiger partial charge >= 0.3 is 6.03 Å². The first-order chi connectivity index (χ1) is 16.2. The molecule has 0 radical (unpaired) electrons. The summed E-state index contributed by atoms with van der Waals surface area (Å²) in [7, 11) is 0. The summed E-state index contributed by atoms with van der Waals surface area (Å²) >= 11 is 0. The van der Waals surface area contributed by atoms with Crippen LogP contribution >= 0.6 is 0 Å². The van der Waals surface area contributed by atoms with Crippen LogP contribution in [0.15, 0.2) is 72.8 Å². The average Bonchev–Trinajstić information content (AvgIpc) is 3.33. The maximum atomic E-state index is 13.1. The van der Waals surface area contributed by atoms with Crippen molar-refractivity contribution >= 4 is 17.5 Å². The minimum absolute atomic E-state index is 0.0434. The van der Waals surface area contributed by atoms with Gasteiger partial charge in [0.05, 0.1) is 0 Å². The molecule has 0 spiro atoms. The number of benzene rings is 3. The normalized spacial score (nSPS) is 16.8. The van der Waals surface area contributed by atoms with Crippen LogP contribution in [0, 0.1) is 5.92 Å². The van der Waals surface area contributed by atoms with Crippen molar-refractivity contribution in [2.24, 2.45) is 5.92 Å². The Hall–Kier alpha value is -4.00. The van der Waals surface area contributed by atoms with Crippen LogP contribution in [0.4, 0.5) is 10.5 Å². The van der Waals surface area contributed by atoms with Gasteiger partial charge in [-0.2, -0.15) is 0 Å². The number of hydrogen-bond donors (Lipinski definition) is 1. The summed E-state index contributed by atoms with van der Waals surface area (Å²) in [5.41, 5.74) is 1.25. The lowest BCUT2D eigenvalue weighted by atomic mass is 9.90. The Balaban J connectivity index is 1.20. The number of likely N-dealkylation sites (tertiary alicyclic amines) is 1. The van der Waals surface area contributed by atoms with E-state index in [4.69, 9.17) is 14.2 Å². The van der Waals surface area contributed by atoms with E-state index in [0.29, 0.717) is 41.6 Å². The number of rotatable bonds is 5. The van der Waals surface area contributed by atoms with Crippen LogP contribution in [0.5, 0.6) is 23.0 Å². The van der Waals surface area contributed by atoms with E-state index in [9.17, 15) is 9.59 Å². The number of fused-ring (bicyclic) bond motifs is 1. The molecule has 5 rings (SSSR count). The van der Waals surface area contributed by atoms with Crippen molar-refractivity contribution in [1.82, 2.24) is 4.90 Å². The van der Waals surface area contributed by atoms with Crippen molar-refractivity contribution in [3.8, 4) is 23.0 Å². The van der Waals surface area contributed by atoms with Crippen LogP contribution in [-0.2, 0) is 0 Å². The molecule has 1 atom stereocenters. The molecule has 3 aromatic carbocycles. The van der Waals surface area contributed by atoms with Gasteiger partial charge in [-0.05, 0) is 61.4 Å². The smallest absolute Gasteiger partial charge is 0.321 e. The van der Waals surface area contributed by atoms with Gasteiger partial charge in [-0.25, -0.2) is 4.79 Å². The first-order valence-corrected chi connectivity index (χ1v) is 11.0. The predicted molar refractivity (Wildman–Crippen MR) is 123 cm³/mol. The molecule has 168 valence electrons. The van der Waals surface area contributed by atoms with Crippen molar-refractivity contribution in [2.45, 2.75) is 12.8 Å². The SMILES string of the molecule is O=C(c1ccc(Oc2ccccc2)cc1)[C@H]1CCCN(C(=O)Nc2ccc3c(c2)OCO3)C1. The number of urea groups is 1. The molecule has 7 nitrogen and oxygen atoms in total. The van der Waals surface area contributed by atoms with Gasteiger partial charge in [-0.1, -0.05) is 18.2 Å². The predicted octanol–water partition coefficient (Wildman–Crippen LogP) is 5.33. The molecule has 0 aliphatic carbocycles. The van der Waals surface area contributed by atoms with E-state index in [-0.39, 0.29) is 24.5 Å². The molecule has 1 N–H and O–H groups in total. The number of carbonyl (C=O) groups is 2. The monoisotopic (exact) mass is 444 g/mol. The standard InChI is InChI=1S/C26H24N2O5/c29-25(18-8-11-22(12-9-18)33-21-6-2-1-3-7-21)19-5-4-14-28(16-19)26(30)27-20-10-13-23-24(15-20)32-17-31-23/h1-3,6-13,15,19H,4-5,14,16-17H2,(H,27,30)/t19-/m0/s1. The van der Waals surface area contributed by atoms with Crippen LogP contribution in [0.3, 0.4) is 0 Å². The van der Waals surface area contributed by atoms with Gasteiger partial charge in [-0.3, -0.25) is 4.79 Å². The fraction of sp³-hybridized carbons (Fsp3) is 0.231. The van der Waals surface area contributed by atoms with Gasteiger partial charge in [0, 0.05) is 36.3 Å². The number of nitrogens with zero attached hydrogens (tertiary/aromatic N) is 1. The number of carbonyl (C=O) groups excluding carboxylic acids is 2. The zero-order valence-electron chi connectivity index (χ0n) is 18.0. The summed E-state index contributed by atoms with van der Waals surface area (Å²) in [6.07, 6.45) is 1.54.